The molecule has 6 heteroatoms. The molecule has 1 amide bonds. The van der Waals surface area contributed by atoms with Crippen molar-refractivity contribution in [2.75, 3.05) is 12.3 Å². The van der Waals surface area contributed by atoms with E-state index in [2.05, 4.69) is 5.32 Å². The van der Waals surface area contributed by atoms with Gasteiger partial charge in [-0.1, -0.05) is 0 Å². The molecule has 3 N–H and O–H groups in total. The number of halogens is 2. The predicted octanol–water partition coefficient (Wildman–Crippen LogP) is 2.58. The minimum atomic E-state index is -1.02. The van der Waals surface area contributed by atoms with Gasteiger partial charge in [-0.05, 0) is 40.9 Å². The van der Waals surface area contributed by atoms with Crippen LogP contribution < -0.4 is 11.1 Å². The summed E-state index contributed by atoms with van der Waals surface area (Å²) in [6.07, 6.45) is 0.612. The number of hydrogen-bond donors (Lipinski definition) is 2. The van der Waals surface area contributed by atoms with Crippen LogP contribution in [0.4, 0.5) is 14.5 Å². The van der Waals surface area contributed by atoms with Crippen molar-refractivity contribution < 1.29 is 13.6 Å². The van der Waals surface area contributed by atoms with E-state index in [9.17, 15) is 13.6 Å². The highest BCUT2D eigenvalue weighted by Gasteiger charge is 2.19. The molecule has 2 rings (SSSR count). The van der Waals surface area contributed by atoms with Crippen LogP contribution in [0.1, 0.15) is 15.9 Å². The number of carbonyl (C=O) groups is 1. The molecule has 0 aliphatic rings. The number of benzene rings is 1. The maximum atomic E-state index is 13.6. The predicted molar refractivity (Wildman–Crippen MR) is 71.1 cm³/mol. The van der Waals surface area contributed by atoms with Crippen molar-refractivity contribution in [2.24, 2.45) is 0 Å². The van der Waals surface area contributed by atoms with Gasteiger partial charge in [0.2, 0.25) is 0 Å². The van der Waals surface area contributed by atoms with Crippen molar-refractivity contribution in [1.29, 1.82) is 0 Å². The zero-order chi connectivity index (χ0) is 13.8. The van der Waals surface area contributed by atoms with Gasteiger partial charge in [0.25, 0.3) is 5.91 Å². The molecular formula is C13H12F2N2OS. The number of rotatable bonds is 4. The lowest BCUT2D eigenvalue weighted by atomic mass is 10.1. The number of carbonyl (C=O) groups excluding carboxylic acids is 1. The second kappa shape index (κ2) is 5.79. The molecule has 1 aromatic carbocycles. The van der Waals surface area contributed by atoms with E-state index in [-0.39, 0.29) is 5.69 Å². The van der Waals surface area contributed by atoms with E-state index in [1.54, 1.807) is 11.3 Å². The Morgan fingerprint density at radius 3 is 2.79 bits per heavy atom. The van der Waals surface area contributed by atoms with E-state index in [0.717, 1.165) is 17.7 Å². The lowest BCUT2D eigenvalue weighted by Crippen LogP contribution is -2.27. The lowest BCUT2D eigenvalue weighted by molar-refractivity contribution is 0.0946. The van der Waals surface area contributed by atoms with E-state index in [1.165, 1.54) is 0 Å². The molecule has 0 aliphatic carbocycles. The number of amides is 1. The summed E-state index contributed by atoms with van der Waals surface area (Å²) in [6.45, 7) is 0.309. The maximum Gasteiger partial charge on any atom is 0.257 e. The highest BCUT2D eigenvalue weighted by Crippen LogP contribution is 2.18. The van der Waals surface area contributed by atoms with Crippen LogP contribution in [0.25, 0.3) is 0 Å². The Morgan fingerprint density at radius 2 is 2.11 bits per heavy atom. The van der Waals surface area contributed by atoms with Crippen LogP contribution in [0.3, 0.4) is 0 Å². The van der Waals surface area contributed by atoms with Gasteiger partial charge in [0.1, 0.15) is 11.4 Å². The minimum absolute atomic E-state index is 0.246. The summed E-state index contributed by atoms with van der Waals surface area (Å²) in [5.41, 5.74) is 5.50. The third kappa shape index (κ3) is 3.08. The van der Waals surface area contributed by atoms with Gasteiger partial charge in [-0.25, -0.2) is 8.78 Å². The second-order valence-corrected chi connectivity index (χ2v) is 4.74. The van der Waals surface area contributed by atoms with Crippen molar-refractivity contribution in [1.82, 2.24) is 5.32 Å². The van der Waals surface area contributed by atoms with E-state index >= 15 is 0 Å². The molecule has 0 saturated carbocycles. The molecule has 0 aliphatic heterocycles. The topological polar surface area (TPSA) is 55.1 Å². The Labute approximate surface area is 113 Å². The quantitative estimate of drug-likeness (QED) is 0.847. The van der Waals surface area contributed by atoms with E-state index in [4.69, 9.17) is 5.73 Å². The van der Waals surface area contributed by atoms with Gasteiger partial charge in [-0.15, -0.1) is 0 Å². The zero-order valence-corrected chi connectivity index (χ0v) is 10.8. The number of nitrogen functional groups attached to an aromatic ring is 1. The van der Waals surface area contributed by atoms with Gasteiger partial charge >= 0.3 is 0 Å². The Kier molecular flexibility index (Phi) is 4.11. The van der Waals surface area contributed by atoms with Crippen molar-refractivity contribution in [3.8, 4) is 0 Å². The van der Waals surface area contributed by atoms with E-state index in [0.29, 0.717) is 13.0 Å². The molecule has 0 unspecified atom stereocenters. The minimum Gasteiger partial charge on any atom is -0.396 e. The summed E-state index contributed by atoms with van der Waals surface area (Å²) in [4.78, 5) is 11.7. The largest absolute Gasteiger partial charge is 0.396 e. The molecule has 0 fully saturated rings. The molecule has 0 saturated heterocycles. The number of nitrogens with two attached hydrogens (primary N) is 1. The van der Waals surface area contributed by atoms with Gasteiger partial charge < -0.3 is 11.1 Å². The SMILES string of the molecule is Nc1ccc(F)c(C(=O)NCCc2ccsc2)c1F. The summed E-state index contributed by atoms with van der Waals surface area (Å²) in [6, 6.07) is 4.00. The molecule has 3 nitrogen and oxygen atoms in total. The average molecular weight is 282 g/mol. The van der Waals surface area contributed by atoms with Crippen LogP contribution >= 0.6 is 11.3 Å². The summed E-state index contributed by atoms with van der Waals surface area (Å²) in [7, 11) is 0. The van der Waals surface area contributed by atoms with Crippen molar-refractivity contribution in [3.05, 3.63) is 51.7 Å². The molecule has 19 heavy (non-hydrogen) atoms. The number of thiophene rings is 1. The summed E-state index contributed by atoms with van der Waals surface area (Å²) in [5, 5.41) is 6.35. The average Bonchev–Trinajstić information content (AvgIpc) is 2.87. The van der Waals surface area contributed by atoms with Gasteiger partial charge in [-0.3, -0.25) is 4.79 Å². The Morgan fingerprint density at radius 1 is 1.32 bits per heavy atom. The first kappa shape index (κ1) is 13.5. The normalized spacial score (nSPS) is 10.4. The standard InChI is InChI=1S/C13H12F2N2OS/c14-9-1-2-10(16)12(15)11(9)13(18)17-5-3-8-4-6-19-7-8/h1-2,4,6-7H,3,5,16H2,(H,17,18). The number of anilines is 1. The smallest absolute Gasteiger partial charge is 0.257 e. The van der Waals surface area contributed by atoms with Crippen LogP contribution in [0, 0.1) is 11.6 Å². The Bertz CT molecular complexity index is 585. The van der Waals surface area contributed by atoms with Gasteiger partial charge in [0.15, 0.2) is 5.82 Å². The molecule has 0 atom stereocenters. The van der Waals surface area contributed by atoms with Crippen LogP contribution in [0.5, 0.6) is 0 Å². The number of hydrogen-bond acceptors (Lipinski definition) is 3. The summed E-state index contributed by atoms with van der Waals surface area (Å²) < 4.78 is 27.0. The lowest BCUT2D eigenvalue weighted by Gasteiger charge is -2.08. The van der Waals surface area contributed by atoms with E-state index < -0.39 is 23.1 Å². The van der Waals surface area contributed by atoms with Crippen LogP contribution in [-0.2, 0) is 6.42 Å². The van der Waals surface area contributed by atoms with Crippen molar-refractivity contribution >= 4 is 22.9 Å². The fourth-order valence-corrected chi connectivity index (χ4v) is 2.32. The molecule has 0 spiro atoms. The van der Waals surface area contributed by atoms with Gasteiger partial charge in [-0.2, -0.15) is 11.3 Å². The number of nitrogens with one attached hydrogen (secondary N) is 1. The second-order valence-electron chi connectivity index (χ2n) is 3.96. The van der Waals surface area contributed by atoms with Gasteiger partial charge in [0, 0.05) is 6.54 Å². The Hall–Kier alpha value is -1.95. The van der Waals surface area contributed by atoms with Crippen molar-refractivity contribution in [3.63, 3.8) is 0 Å². The first-order chi connectivity index (χ1) is 9.09. The zero-order valence-electron chi connectivity index (χ0n) is 9.95. The molecule has 0 bridgehead atoms. The summed E-state index contributed by atoms with van der Waals surface area (Å²) in [5.74, 6) is -2.73. The molecule has 1 aromatic heterocycles. The molecule has 100 valence electrons. The highest BCUT2D eigenvalue weighted by molar-refractivity contribution is 7.07. The highest BCUT2D eigenvalue weighted by atomic mass is 32.1. The summed E-state index contributed by atoms with van der Waals surface area (Å²) >= 11 is 1.55. The fraction of sp³-hybridized carbons (Fsp3) is 0.154. The third-order valence-corrected chi connectivity index (χ3v) is 3.36. The first-order valence-corrected chi connectivity index (χ1v) is 6.56. The monoisotopic (exact) mass is 282 g/mol. The fourth-order valence-electron chi connectivity index (χ4n) is 1.62. The van der Waals surface area contributed by atoms with E-state index in [1.807, 2.05) is 16.8 Å². The van der Waals surface area contributed by atoms with Crippen LogP contribution in [0.2, 0.25) is 0 Å². The van der Waals surface area contributed by atoms with Crippen LogP contribution in [-0.4, -0.2) is 12.5 Å². The Balaban J connectivity index is 2.02. The molecule has 1 heterocycles. The van der Waals surface area contributed by atoms with Crippen molar-refractivity contribution in [2.45, 2.75) is 6.42 Å². The first-order valence-electron chi connectivity index (χ1n) is 5.62. The molecule has 2 aromatic rings. The van der Waals surface area contributed by atoms with Gasteiger partial charge in [0.05, 0.1) is 5.69 Å². The molecular weight excluding hydrogens is 270 g/mol. The van der Waals surface area contributed by atoms with Crippen LogP contribution in [0.15, 0.2) is 29.0 Å². The third-order valence-electron chi connectivity index (χ3n) is 2.63. The maximum absolute atomic E-state index is 13.6. The molecule has 0 radical (unpaired) electrons.